The van der Waals surface area contributed by atoms with E-state index in [2.05, 4.69) is 44.2 Å². The van der Waals surface area contributed by atoms with Crippen molar-refractivity contribution in [3.8, 4) is 0 Å². The molecule has 0 aliphatic heterocycles. The second-order valence-corrected chi connectivity index (χ2v) is 8.43. The van der Waals surface area contributed by atoms with Crippen LogP contribution in [0.15, 0.2) is 58.0 Å². The summed E-state index contributed by atoms with van der Waals surface area (Å²) in [6.45, 7) is 1.43. The standard InChI is InChI=1S/C23H25N3O2S/c1-26(13-16-11-12-29-15-16)14-18-9-10-20(22(27)24-18)23(28)25-21-8-4-6-17-5-2-3-7-19(17)21/h2-3,5,7,9-12,15,21H,4,6,8,13-14H2,1H3,(H,24,27)(H,25,28). The number of nitrogens with one attached hydrogen (secondary N) is 2. The molecule has 3 aromatic rings. The van der Waals surface area contributed by atoms with E-state index in [1.807, 2.05) is 25.2 Å². The summed E-state index contributed by atoms with van der Waals surface area (Å²) in [5, 5.41) is 7.23. The van der Waals surface area contributed by atoms with Crippen LogP contribution < -0.4 is 10.9 Å². The second-order valence-electron chi connectivity index (χ2n) is 7.65. The van der Waals surface area contributed by atoms with E-state index in [-0.39, 0.29) is 23.1 Å². The average molecular weight is 408 g/mol. The molecule has 0 spiro atoms. The molecule has 2 heterocycles. The van der Waals surface area contributed by atoms with Crippen LogP contribution in [0.1, 0.15) is 51.6 Å². The molecule has 1 aliphatic rings. The molecule has 1 unspecified atom stereocenters. The van der Waals surface area contributed by atoms with E-state index in [0.29, 0.717) is 6.54 Å². The normalized spacial score (nSPS) is 15.9. The summed E-state index contributed by atoms with van der Waals surface area (Å²) in [5.74, 6) is -0.314. The molecule has 0 saturated carbocycles. The van der Waals surface area contributed by atoms with E-state index in [9.17, 15) is 9.59 Å². The number of amides is 1. The minimum absolute atomic E-state index is 0.0386. The molecule has 2 aromatic heterocycles. The monoisotopic (exact) mass is 407 g/mol. The number of fused-ring (bicyclic) bond motifs is 1. The number of rotatable bonds is 6. The van der Waals surface area contributed by atoms with Crippen LogP contribution in [0.25, 0.3) is 0 Å². The lowest BCUT2D eigenvalue weighted by Gasteiger charge is -2.26. The van der Waals surface area contributed by atoms with Crippen molar-refractivity contribution < 1.29 is 4.79 Å². The highest BCUT2D eigenvalue weighted by Gasteiger charge is 2.23. The van der Waals surface area contributed by atoms with Gasteiger partial charge in [0.15, 0.2) is 0 Å². The molecule has 5 nitrogen and oxygen atoms in total. The second kappa shape index (κ2) is 8.76. The van der Waals surface area contributed by atoms with Crippen molar-refractivity contribution in [1.29, 1.82) is 0 Å². The number of hydrogen-bond acceptors (Lipinski definition) is 4. The first kappa shape index (κ1) is 19.6. The lowest BCUT2D eigenvalue weighted by Crippen LogP contribution is -2.34. The molecule has 1 amide bonds. The van der Waals surface area contributed by atoms with Crippen LogP contribution >= 0.6 is 11.3 Å². The van der Waals surface area contributed by atoms with Crippen LogP contribution in [-0.2, 0) is 19.5 Å². The topological polar surface area (TPSA) is 65.2 Å². The van der Waals surface area contributed by atoms with Gasteiger partial charge in [0.05, 0.1) is 6.04 Å². The fourth-order valence-corrected chi connectivity index (χ4v) is 4.63. The maximum absolute atomic E-state index is 12.7. The molecule has 0 saturated heterocycles. The van der Waals surface area contributed by atoms with Crippen molar-refractivity contribution in [3.63, 3.8) is 0 Å². The Morgan fingerprint density at radius 3 is 2.86 bits per heavy atom. The molecule has 4 rings (SSSR count). The fraction of sp³-hybridized carbons (Fsp3) is 0.304. The zero-order valence-corrected chi connectivity index (χ0v) is 17.3. The zero-order chi connectivity index (χ0) is 20.2. The van der Waals surface area contributed by atoms with Crippen molar-refractivity contribution >= 4 is 17.2 Å². The van der Waals surface area contributed by atoms with Gasteiger partial charge in [-0.15, -0.1) is 0 Å². The fourth-order valence-electron chi connectivity index (χ4n) is 3.97. The summed E-state index contributed by atoms with van der Waals surface area (Å²) in [4.78, 5) is 30.3. The van der Waals surface area contributed by atoms with Crippen LogP contribution in [0.2, 0.25) is 0 Å². The highest BCUT2D eigenvalue weighted by atomic mass is 32.1. The third-order valence-corrected chi connectivity index (χ3v) is 6.09. The number of nitrogens with zero attached hydrogens (tertiary/aromatic N) is 1. The number of aryl methyl sites for hydroxylation is 1. The van der Waals surface area contributed by atoms with Gasteiger partial charge in [0, 0.05) is 18.8 Å². The van der Waals surface area contributed by atoms with Crippen molar-refractivity contribution in [2.45, 2.75) is 38.4 Å². The lowest BCUT2D eigenvalue weighted by atomic mass is 9.87. The number of hydrogen-bond donors (Lipinski definition) is 2. The average Bonchev–Trinajstić information content (AvgIpc) is 3.21. The van der Waals surface area contributed by atoms with Gasteiger partial charge in [0.1, 0.15) is 5.56 Å². The van der Waals surface area contributed by atoms with Gasteiger partial charge in [0.2, 0.25) is 0 Å². The molecule has 2 N–H and O–H groups in total. The number of carbonyl (C=O) groups excluding carboxylic acids is 1. The Kier molecular flexibility index (Phi) is 5.92. The molecular weight excluding hydrogens is 382 g/mol. The Morgan fingerprint density at radius 2 is 2.07 bits per heavy atom. The van der Waals surface area contributed by atoms with Crippen LogP contribution in [0, 0.1) is 0 Å². The predicted octanol–water partition coefficient (Wildman–Crippen LogP) is 3.88. The quantitative estimate of drug-likeness (QED) is 0.652. The molecule has 0 bridgehead atoms. The summed E-state index contributed by atoms with van der Waals surface area (Å²) < 4.78 is 0. The summed E-state index contributed by atoms with van der Waals surface area (Å²) in [7, 11) is 2.01. The largest absolute Gasteiger partial charge is 0.345 e. The van der Waals surface area contributed by atoms with Gasteiger partial charge >= 0.3 is 0 Å². The molecule has 1 aromatic carbocycles. The van der Waals surface area contributed by atoms with Crippen LogP contribution in [-0.4, -0.2) is 22.8 Å². The van der Waals surface area contributed by atoms with Gasteiger partial charge in [-0.05, 0) is 72.0 Å². The third kappa shape index (κ3) is 4.66. The highest BCUT2D eigenvalue weighted by Crippen LogP contribution is 2.29. The summed E-state index contributed by atoms with van der Waals surface area (Å²) in [6.07, 6.45) is 2.97. The Balaban J connectivity index is 1.43. The number of carbonyl (C=O) groups is 1. The van der Waals surface area contributed by atoms with Gasteiger partial charge < -0.3 is 10.3 Å². The SMILES string of the molecule is CN(Cc1ccsc1)Cc1ccc(C(=O)NC2CCCc3ccccc32)c(=O)[nH]1. The number of aromatic nitrogens is 1. The first-order valence-corrected chi connectivity index (χ1v) is 10.8. The van der Waals surface area contributed by atoms with Gasteiger partial charge in [-0.2, -0.15) is 11.3 Å². The molecule has 29 heavy (non-hydrogen) atoms. The zero-order valence-electron chi connectivity index (χ0n) is 16.5. The molecule has 0 radical (unpaired) electrons. The van der Waals surface area contributed by atoms with E-state index in [0.717, 1.165) is 37.1 Å². The maximum Gasteiger partial charge on any atom is 0.261 e. The number of thiophene rings is 1. The predicted molar refractivity (Wildman–Crippen MR) is 116 cm³/mol. The van der Waals surface area contributed by atoms with Crippen molar-refractivity contribution in [3.05, 3.63) is 91.5 Å². The van der Waals surface area contributed by atoms with E-state index >= 15 is 0 Å². The Bertz CT molecular complexity index is 1040. The first-order valence-electron chi connectivity index (χ1n) is 9.90. The summed E-state index contributed by atoms with van der Waals surface area (Å²) in [5.41, 5.74) is 4.32. The molecule has 1 aliphatic carbocycles. The maximum atomic E-state index is 12.7. The third-order valence-electron chi connectivity index (χ3n) is 5.36. The summed E-state index contributed by atoms with van der Waals surface area (Å²) >= 11 is 1.68. The molecule has 0 fully saturated rings. The van der Waals surface area contributed by atoms with Crippen LogP contribution in [0.3, 0.4) is 0 Å². The van der Waals surface area contributed by atoms with Crippen LogP contribution in [0.5, 0.6) is 0 Å². The van der Waals surface area contributed by atoms with Crippen molar-refractivity contribution in [1.82, 2.24) is 15.2 Å². The van der Waals surface area contributed by atoms with Gasteiger partial charge in [-0.3, -0.25) is 14.5 Å². The molecule has 150 valence electrons. The molecular formula is C23H25N3O2S. The van der Waals surface area contributed by atoms with Gasteiger partial charge in [-0.1, -0.05) is 24.3 Å². The smallest absolute Gasteiger partial charge is 0.261 e. The van der Waals surface area contributed by atoms with Crippen LogP contribution in [0.4, 0.5) is 0 Å². The van der Waals surface area contributed by atoms with Crippen molar-refractivity contribution in [2.24, 2.45) is 0 Å². The number of aromatic amines is 1. The number of H-pyrrole nitrogens is 1. The molecule has 6 heteroatoms. The van der Waals surface area contributed by atoms with Gasteiger partial charge in [0.25, 0.3) is 11.5 Å². The number of pyridine rings is 1. The Morgan fingerprint density at radius 1 is 1.21 bits per heavy atom. The highest BCUT2D eigenvalue weighted by molar-refractivity contribution is 7.07. The number of benzene rings is 1. The molecule has 1 atom stereocenters. The van der Waals surface area contributed by atoms with Crippen molar-refractivity contribution in [2.75, 3.05) is 7.05 Å². The minimum atomic E-state index is -0.340. The van der Waals surface area contributed by atoms with E-state index in [1.54, 1.807) is 17.4 Å². The van der Waals surface area contributed by atoms with E-state index in [4.69, 9.17) is 0 Å². The van der Waals surface area contributed by atoms with E-state index < -0.39 is 0 Å². The Hall–Kier alpha value is -2.70. The lowest BCUT2D eigenvalue weighted by molar-refractivity contribution is 0.0931. The Labute approximate surface area is 174 Å². The minimum Gasteiger partial charge on any atom is -0.345 e. The van der Waals surface area contributed by atoms with Gasteiger partial charge in [-0.25, -0.2) is 0 Å². The summed E-state index contributed by atoms with van der Waals surface area (Å²) in [6, 6.07) is 13.7. The van der Waals surface area contributed by atoms with E-state index in [1.165, 1.54) is 11.1 Å². The first-order chi connectivity index (χ1) is 14.1.